The molecule has 0 radical (unpaired) electrons. The van der Waals surface area contributed by atoms with Crippen molar-refractivity contribution in [2.24, 2.45) is 5.92 Å². The van der Waals surface area contributed by atoms with Gasteiger partial charge in [0, 0.05) is 18.8 Å². The normalized spacial score (nSPS) is 14.1. The summed E-state index contributed by atoms with van der Waals surface area (Å²) in [4.78, 5) is 12.1. The van der Waals surface area contributed by atoms with Gasteiger partial charge in [0.25, 0.3) is 0 Å². The SMILES string of the molecule is CC(C)Cn1cc(NC(=O)NC2Cc3ccccc3C2)cn1. The third kappa shape index (κ3) is 3.47. The van der Waals surface area contributed by atoms with Crippen molar-refractivity contribution in [3.8, 4) is 0 Å². The fourth-order valence-corrected chi connectivity index (χ4v) is 2.92. The van der Waals surface area contributed by atoms with E-state index in [0.717, 1.165) is 25.1 Å². The lowest BCUT2D eigenvalue weighted by Gasteiger charge is -2.12. The zero-order valence-electron chi connectivity index (χ0n) is 13.0. The lowest BCUT2D eigenvalue weighted by Crippen LogP contribution is -2.38. The number of nitrogens with zero attached hydrogens (tertiary/aromatic N) is 2. The molecule has 3 rings (SSSR count). The van der Waals surface area contributed by atoms with E-state index in [2.05, 4.69) is 41.7 Å². The average Bonchev–Trinajstić information content (AvgIpc) is 3.03. The number of nitrogens with one attached hydrogen (secondary N) is 2. The van der Waals surface area contributed by atoms with Crippen LogP contribution in [0.5, 0.6) is 0 Å². The van der Waals surface area contributed by atoms with E-state index in [1.54, 1.807) is 6.20 Å². The van der Waals surface area contributed by atoms with E-state index in [-0.39, 0.29) is 12.1 Å². The molecule has 0 saturated carbocycles. The van der Waals surface area contributed by atoms with Gasteiger partial charge in [-0.3, -0.25) is 4.68 Å². The third-order valence-electron chi connectivity index (χ3n) is 3.83. The molecule has 2 aromatic rings. The summed E-state index contributed by atoms with van der Waals surface area (Å²) in [7, 11) is 0. The van der Waals surface area contributed by atoms with Crippen LogP contribution in [0.1, 0.15) is 25.0 Å². The Hall–Kier alpha value is -2.30. The van der Waals surface area contributed by atoms with Crippen molar-refractivity contribution in [2.75, 3.05) is 5.32 Å². The van der Waals surface area contributed by atoms with Gasteiger partial charge in [-0.05, 0) is 29.9 Å². The first kappa shape index (κ1) is 14.6. The number of aromatic nitrogens is 2. The number of urea groups is 1. The molecule has 1 aliphatic carbocycles. The molecule has 2 N–H and O–H groups in total. The molecule has 0 spiro atoms. The van der Waals surface area contributed by atoms with Crippen LogP contribution in [0.2, 0.25) is 0 Å². The van der Waals surface area contributed by atoms with E-state index in [9.17, 15) is 4.79 Å². The second-order valence-electron chi connectivity index (χ2n) is 6.32. The Morgan fingerprint density at radius 2 is 2.00 bits per heavy atom. The molecule has 116 valence electrons. The van der Waals surface area contributed by atoms with Gasteiger partial charge in [-0.2, -0.15) is 5.10 Å². The summed E-state index contributed by atoms with van der Waals surface area (Å²) in [6, 6.07) is 8.36. The van der Waals surface area contributed by atoms with Crippen LogP contribution in [0.4, 0.5) is 10.5 Å². The highest BCUT2D eigenvalue weighted by molar-refractivity contribution is 5.89. The first-order valence-electron chi connectivity index (χ1n) is 7.77. The van der Waals surface area contributed by atoms with E-state index in [0.29, 0.717) is 5.92 Å². The van der Waals surface area contributed by atoms with Crippen LogP contribution in [0.15, 0.2) is 36.7 Å². The van der Waals surface area contributed by atoms with Crippen molar-refractivity contribution in [3.63, 3.8) is 0 Å². The predicted molar refractivity (Wildman–Crippen MR) is 86.9 cm³/mol. The number of benzene rings is 1. The smallest absolute Gasteiger partial charge is 0.319 e. The van der Waals surface area contributed by atoms with Gasteiger partial charge in [-0.25, -0.2) is 4.79 Å². The molecule has 5 nitrogen and oxygen atoms in total. The molecule has 0 saturated heterocycles. The average molecular weight is 298 g/mol. The molecule has 1 heterocycles. The second kappa shape index (κ2) is 6.22. The lowest BCUT2D eigenvalue weighted by atomic mass is 10.1. The van der Waals surface area contributed by atoms with E-state index >= 15 is 0 Å². The largest absolute Gasteiger partial charge is 0.334 e. The monoisotopic (exact) mass is 298 g/mol. The Kier molecular flexibility index (Phi) is 4.13. The van der Waals surface area contributed by atoms with E-state index in [4.69, 9.17) is 0 Å². The maximum Gasteiger partial charge on any atom is 0.319 e. The molecule has 0 fully saturated rings. The first-order valence-corrected chi connectivity index (χ1v) is 7.77. The van der Waals surface area contributed by atoms with E-state index in [1.165, 1.54) is 11.1 Å². The van der Waals surface area contributed by atoms with E-state index < -0.39 is 0 Å². The number of hydrogen-bond donors (Lipinski definition) is 2. The molecule has 5 heteroatoms. The quantitative estimate of drug-likeness (QED) is 0.912. The Morgan fingerprint density at radius 3 is 2.64 bits per heavy atom. The van der Waals surface area contributed by atoms with Crippen molar-refractivity contribution < 1.29 is 4.79 Å². The number of carbonyl (C=O) groups excluding carboxylic acids is 1. The number of hydrogen-bond acceptors (Lipinski definition) is 2. The number of anilines is 1. The molecule has 1 aromatic heterocycles. The predicted octanol–water partition coefficient (Wildman–Crippen LogP) is 2.83. The highest BCUT2D eigenvalue weighted by Gasteiger charge is 2.22. The molecule has 0 atom stereocenters. The Bertz CT molecular complexity index is 637. The van der Waals surface area contributed by atoms with Gasteiger partial charge in [-0.1, -0.05) is 38.1 Å². The fraction of sp³-hybridized carbons (Fsp3) is 0.412. The Labute approximate surface area is 130 Å². The summed E-state index contributed by atoms with van der Waals surface area (Å²) >= 11 is 0. The van der Waals surface area contributed by atoms with Crippen molar-refractivity contribution in [2.45, 2.75) is 39.3 Å². The van der Waals surface area contributed by atoms with Crippen LogP contribution in [0, 0.1) is 5.92 Å². The standard InChI is InChI=1S/C17H22N4O/c1-12(2)10-21-11-16(9-18-21)20-17(22)19-15-7-13-5-3-4-6-14(13)8-15/h3-6,9,11-12,15H,7-8,10H2,1-2H3,(H2,19,20,22). The number of fused-ring (bicyclic) bond motifs is 1. The number of amides is 2. The van der Waals surface area contributed by atoms with Crippen molar-refractivity contribution >= 4 is 11.7 Å². The van der Waals surface area contributed by atoms with Gasteiger partial charge in [0.1, 0.15) is 0 Å². The highest BCUT2D eigenvalue weighted by Crippen LogP contribution is 2.21. The van der Waals surface area contributed by atoms with Crippen LogP contribution in [0.25, 0.3) is 0 Å². The summed E-state index contributed by atoms with van der Waals surface area (Å²) in [5.74, 6) is 0.526. The summed E-state index contributed by atoms with van der Waals surface area (Å²) in [6.07, 6.45) is 5.35. The van der Waals surface area contributed by atoms with Crippen LogP contribution in [0.3, 0.4) is 0 Å². The molecule has 1 aliphatic rings. The maximum atomic E-state index is 12.1. The minimum Gasteiger partial charge on any atom is -0.334 e. The molecule has 0 bridgehead atoms. The van der Waals surface area contributed by atoms with Crippen molar-refractivity contribution in [1.82, 2.24) is 15.1 Å². The first-order chi connectivity index (χ1) is 10.6. The molecule has 0 unspecified atom stereocenters. The summed E-state index contributed by atoms with van der Waals surface area (Å²) < 4.78 is 1.85. The lowest BCUT2D eigenvalue weighted by molar-refractivity contribution is 0.249. The summed E-state index contributed by atoms with van der Waals surface area (Å²) in [6.45, 7) is 5.12. The van der Waals surface area contributed by atoms with Crippen LogP contribution in [-0.4, -0.2) is 21.9 Å². The van der Waals surface area contributed by atoms with Crippen LogP contribution >= 0.6 is 0 Å². The van der Waals surface area contributed by atoms with Crippen LogP contribution < -0.4 is 10.6 Å². The van der Waals surface area contributed by atoms with Gasteiger partial charge in [0.2, 0.25) is 0 Å². The molecule has 0 aliphatic heterocycles. The third-order valence-corrected chi connectivity index (χ3v) is 3.83. The number of carbonyl (C=O) groups is 1. The zero-order chi connectivity index (χ0) is 15.5. The molecular weight excluding hydrogens is 276 g/mol. The second-order valence-corrected chi connectivity index (χ2v) is 6.32. The summed E-state index contributed by atoms with van der Waals surface area (Å²) in [5, 5.41) is 10.1. The summed E-state index contributed by atoms with van der Waals surface area (Å²) in [5.41, 5.74) is 3.39. The van der Waals surface area contributed by atoms with E-state index in [1.807, 2.05) is 23.0 Å². The van der Waals surface area contributed by atoms with Gasteiger partial charge < -0.3 is 10.6 Å². The molecule has 1 aromatic carbocycles. The van der Waals surface area contributed by atoms with Gasteiger partial charge >= 0.3 is 6.03 Å². The highest BCUT2D eigenvalue weighted by atomic mass is 16.2. The maximum absolute atomic E-state index is 12.1. The van der Waals surface area contributed by atoms with Gasteiger partial charge in [-0.15, -0.1) is 0 Å². The molecule has 2 amide bonds. The molecule has 22 heavy (non-hydrogen) atoms. The number of rotatable bonds is 4. The van der Waals surface area contributed by atoms with Gasteiger partial charge in [0.15, 0.2) is 0 Å². The van der Waals surface area contributed by atoms with Crippen LogP contribution in [-0.2, 0) is 19.4 Å². The topological polar surface area (TPSA) is 59.0 Å². The Morgan fingerprint density at radius 1 is 1.32 bits per heavy atom. The van der Waals surface area contributed by atoms with Crippen molar-refractivity contribution in [1.29, 1.82) is 0 Å². The van der Waals surface area contributed by atoms with Crippen molar-refractivity contribution in [3.05, 3.63) is 47.8 Å². The van der Waals surface area contributed by atoms with Gasteiger partial charge in [0.05, 0.1) is 11.9 Å². The molecular formula is C17H22N4O. The minimum atomic E-state index is -0.165. The Balaban J connectivity index is 1.52. The fourth-order valence-electron chi connectivity index (χ4n) is 2.92. The zero-order valence-corrected chi connectivity index (χ0v) is 13.0. The minimum absolute atomic E-state index is 0.165.